The number of Topliss-reactive ketones (excluding diaryl/α,β-unsaturated/α-hetero) is 1. The summed E-state index contributed by atoms with van der Waals surface area (Å²) in [4.78, 5) is 10.9. The lowest BCUT2D eigenvalue weighted by Crippen LogP contribution is -1.97. The summed E-state index contributed by atoms with van der Waals surface area (Å²) in [5, 5.41) is 0. The first-order chi connectivity index (χ1) is 8.22. The van der Waals surface area contributed by atoms with Crippen LogP contribution in [0.1, 0.15) is 32.3 Å². The second-order valence-electron chi connectivity index (χ2n) is 4.05. The highest BCUT2D eigenvalue weighted by molar-refractivity contribution is 5.75. The van der Waals surface area contributed by atoms with Crippen molar-refractivity contribution in [1.29, 1.82) is 0 Å². The topological polar surface area (TPSA) is 26.3 Å². The third kappa shape index (κ3) is 5.91. The monoisotopic (exact) mass is 232 g/mol. The Kier molecular flexibility index (Phi) is 6.08. The van der Waals surface area contributed by atoms with Gasteiger partial charge in [-0.2, -0.15) is 0 Å². The molecule has 0 N–H and O–H groups in total. The Bertz CT molecular complexity index is 363. The van der Waals surface area contributed by atoms with E-state index >= 15 is 0 Å². The van der Waals surface area contributed by atoms with Crippen molar-refractivity contribution in [3.05, 3.63) is 42.0 Å². The van der Waals surface area contributed by atoms with Gasteiger partial charge in [0, 0.05) is 6.42 Å². The zero-order valence-corrected chi connectivity index (χ0v) is 10.6. The van der Waals surface area contributed by atoms with Crippen LogP contribution in [-0.4, -0.2) is 12.4 Å². The van der Waals surface area contributed by atoms with Gasteiger partial charge >= 0.3 is 0 Å². The second kappa shape index (κ2) is 7.66. The highest BCUT2D eigenvalue weighted by Crippen LogP contribution is 2.13. The van der Waals surface area contributed by atoms with Crippen molar-refractivity contribution in [1.82, 2.24) is 0 Å². The van der Waals surface area contributed by atoms with Crippen LogP contribution in [0.3, 0.4) is 0 Å². The smallest absolute Gasteiger partial charge is 0.130 e. The van der Waals surface area contributed by atoms with Gasteiger partial charge in [0.05, 0.1) is 6.61 Å². The van der Waals surface area contributed by atoms with Crippen LogP contribution < -0.4 is 4.74 Å². The van der Waals surface area contributed by atoms with Crippen LogP contribution in [0.15, 0.2) is 36.4 Å². The van der Waals surface area contributed by atoms with Crippen LogP contribution in [0.2, 0.25) is 0 Å². The Hall–Kier alpha value is -1.57. The maximum Gasteiger partial charge on any atom is 0.130 e. The largest absolute Gasteiger partial charge is 0.493 e. The minimum Gasteiger partial charge on any atom is -0.493 e. The van der Waals surface area contributed by atoms with Crippen molar-refractivity contribution >= 4 is 5.78 Å². The molecule has 0 aliphatic rings. The first-order valence-electron chi connectivity index (χ1n) is 6.04. The molecule has 0 aromatic heterocycles. The summed E-state index contributed by atoms with van der Waals surface area (Å²) in [6.07, 6.45) is 6.47. The molecule has 0 spiro atoms. The minimum atomic E-state index is 0.233. The molecule has 0 atom stereocenters. The fourth-order valence-electron chi connectivity index (χ4n) is 1.48. The van der Waals surface area contributed by atoms with Gasteiger partial charge in [-0.05, 0) is 44.4 Å². The molecule has 0 aliphatic carbocycles. The van der Waals surface area contributed by atoms with Crippen molar-refractivity contribution < 1.29 is 9.53 Å². The van der Waals surface area contributed by atoms with Gasteiger partial charge in [-0.3, -0.25) is 0 Å². The predicted octanol–water partition coefficient (Wildman–Crippen LogP) is 3.55. The van der Waals surface area contributed by atoms with E-state index in [1.807, 2.05) is 37.3 Å². The summed E-state index contributed by atoms with van der Waals surface area (Å²) in [6.45, 7) is 4.33. The van der Waals surface area contributed by atoms with Crippen LogP contribution in [0.5, 0.6) is 5.75 Å². The lowest BCUT2D eigenvalue weighted by atomic mass is 10.1. The van der Waals surface area contributed by atoms with Crippen molar-refractivity contribution in [3.8, 4) is 5.75 Å². The summed E-state index contributed by atoms with van der Waals surface area (Å²) < 4.78 is 5.57. The first-order valence-corrected chi connectivity index (χ1v) is 6.04. The number of ketones is 1. The molecule has 0 amide bonds. The third-order valence-corrected chi connectivity index (χ3v) is 2.48. The Morgan fingerprint density at radius 2 is 2.00 bits per heavy atom. The number of carbonyl (C=O) groups is 1. The van der Waals surface area contributed by atoms with Gasteiger partial charge in [0.25, 0.3) is 0 Å². The Labute approximate surface area is 103 Å². The van der Waals surface area contributed by atoms with Gasteiger partial charge in [-0.25, -0.2) is 0 Å². The molecule has 92 valence electrons. The molecule has 1 aromatic rings. The van der Waals surface area contributed by atoms with Gasteiger partial charge in [0.15, 0.2) is 0 Å². The number of benzene rings is 1. The van der Waals surface area contributed by atoms with Gasteiger partial charge in [-0.1, -0.05) is 24.3 Å². The van der Waals surface area contributed by atoms with Crippen LogP contribution in [0.25, 0.3) is 0 Å². The maximum atomic E-state index is 10.9. The highest BCUT2D eigenvalue weighted by atomic mass is 16.5. The average molecular weight is 232 g/mol. The van der Waals surface area contributed by atoms with Gasteiger partial charge in [0.1, 0.15) is 11.5 Å². The maximum absolute atomic E-state index is 10.9. The molecular weight excluding hydrogens is 212 g/mol. The molecule has 1 aromatic carbocycles. The number of allylic oxidation sites excluding steroid dienone is 1. The second-order valence-corrected chi connectivity index (χ2v) is 4.05. The summed E-state index contributed by atoms with van der Waals surface area (Å²) in [5.74, 6) is 1.12. The first kappa shape index (κ1) is 13.5. The van der Waals surface area contributed by atoms with Gasteiger partial charge < -0.3 is 9.53 Å². The number of hydrogen-bond acceptors (Lipinski definition) is 2. The number of ether oxygens (including phenoxy) is 1. The van der Waals surface area contributed by atoms with E-state index < -0.39 is 0 Å². The zero-order chi connectivity index (χ0) is 12.5. The number of hydrogen-bond donors (Lipinski definition) is 0. The number of carbonyl (C=O) groups excluding carboxylic acids is 1. The van der Waals surface area contributed by atoms with E-state index in [2.05, 4.69) is 6.08 Å². The summed E-state index contributed by atoms with van der Waals surface area (Å²) in [5.41, 5.74) is 1.18. The molecule has 17 heavy (non-hydrogen) atoms. The summed E-state index contributed by atoms with van der Waals surface area (Å²) in [6, 6.07) is 7.97. The van der Waals surface area contributed by atoms with Crippen LogP contribution in [-0.2, 0) is 11.2 Å². The zero-order valence-electron chi connectivity index (χ0n) is 10.6. The summed E-state index contributed by atoms with van der Waals surface area (Å²) >= 11 is 0. The minimum absolute atomic E-state index is 0.233. The van der Waals surface area contributed by atoms with Crippen molar-refractivity contribution in [2.24, 2.45) is 0 Å². The standard InChI is InChI=1S/C15H20O2/c1-3-4-5-12-17-15-10-8-14(9-11-15)7-6-13(2)16/h3-4,8-11H,5-7,12H2,1-2H3. The van der Waals surface area contributed by atoms with E-state index in [4.69, 9.17) is 4.74 Å². The molecule has 0 fully saturated rings. The Morgan fingerprint density at radius 3 is 2.59 bits per heavy atom. The summed E-state index contributed by atoms with van der Waals surface area (Å²) in [7, 11) is 0. The average Bonchev–Trinajstić information content (AvgIpc) is 2.33. The van der Waals surface area contributed by atoms with Crippen molar-refractivity contribution in [2.45, 2.75) is 33.1 Å². The van der Waals surface area contributed by atoms with Crippen LogP contribution >= 0.6 is 0 Å². The third-order valence-electron chi connectivity index (χ3n) is 2.48. The SMILES string of the molecule is CC=CCCOc1ccc(CCC(C)=O)cc1. The fourth-order valence-corrected chi connectivity index (χ4v) is 1.48. The van der Waals surface area contributed by atoms with E-state index in [1.54, 1.807) is 6.92 Å². The predicted molar refractivity (Wildman–Crippen MR) is 70.4 cm³/mol. The van der Waals surface area contributed by atoms with Crippen LogP contribution in [0.4, 0.5) is 0 Å². The lowest BCUT2D eigenvalue weighted by Gasteiger charge is -2.05. The fraction of sp³-hybridized carbons (Fsp3) is 0.400. The van der Waals surface area contributed by atoms with Gasteiger partial charge in [0.2, 0.25) is 0 Å². The molecular formula is C15H20O2. The van der Waals surface area contributed by atoms with Crippen LogP contribution in [0, 0.1) is 0 Å². The molecule has 0 aliphatic heterocycles. The van der Waals surface area contributed by atoms with E-state index in [-0.39, 0.29) is 5.78 Å². The normalized spacial score (nSPS) is 10.7. The van der Waals surface area contributed by atoms with E-state index in [9.17, 15) is 4.79 Å². The number of rotatable bonds is 7. The quantitative estimate of drug-likeness (QED) is 0.531. The molecule has 0 heterocycles. The van der Waals surface area contributed by atoms with Crippen molar-refractivity contribution in [3.63, 3.8) is 0 Å². The highest BCUT2D eigenvalue weighted by Gasteiger charge is 1.98. The lowest BCUT2D eigenvalue weighted by molar-refractivity contribution is -0.116. The molecule has 0 saturated heterocycles. The van der Waals surface area contributed by atoms with Crippen molar-refractivity contribution in [2.75, 3.05) is 6.61 Å². The molecule has 0 radical (unpaired) electrons. The van der Waals surface area contributed by atoms with E-state index in [0.717, 1.165) is 18.6 Å². The molecule has 0 saturated carbocycles. The molecule has 2 nitrogen and oxygen atoms in total. The Balaban J connectivity index is 2.36. The van der Waals surface area contributed by atoms with E-state index in [1.165, 1.54) is 5.56 Å². The molecule has 0 bridgehead atoms. The molecule has 1 rings (SSSR count). The molecule has 0 unspecified atom stereocenters. The number of aryl methyl sites for hydroxylation is 1. The Morgan fingerprint density at radius 1 is 1.29 bits per heavy atom. The molecule has 2 heteroatoms. The van der Waals surface area contributed by atoms with E-state index in [0.29, 0.717) is 13.0 Å². The van der Waals surface area contributed by atoms with Gasteiger partial charge in [-0.15, -0.1) is 0 Å².